The Labute approximate surface area is 115 Å². The lowest BCUT2D eigenvalue weighted by atomic mass is 10.1. The van der Waals surface area contributed by atoms with Crippen molar-refractivity contribution < 1.29 is 4.79 Å². The summed E-state index contributed by atoms with van der Waals surface area (Å²) in [6.45, 7) is 0. The molecule has 0 fully saturated rings. The van der Waals surface area contributed by atoms with Crippen LogP contribution in [-0.2, 0) is 0 Å². The molecule has 6 heteroatoms. The molecule has 0 aliphatic carbocycles. The van der Waals surface area contributed by atoms with Crippen LogP contribution in [0.3, 0.4) is 0 Å². The predicted molar refractivity (Wildman–Crippen MR) is 79.2 cm³/mol. The largest absolute Gasteiger partial charge is 0.383 e. The van der Waals surface area contributed by atoms with Crippen molar-refractivity contribution in [2.24, 2.45) is 16.5 Å². The van der Waals surface area contributed by atoms with Crippen LogP contribution in [-0.4, -0.2) is 18.8 Å². The van der Waals surface area contributed by atoms with Gasteiger partial charge in [0.05, 0.1) is 21.8 Å². The standard InChI is InChI=1S/C13H14N4OS/c1-16-13-9(6-7-19-13)11(14)17-10-5-3-2-4-8(10)12(15)18/h2-7,16H,1H3,(H2,14,17)(H2,15,18). The molecule has 5 nitrogen and oxygen atoms in total. The Kier molecular flexibility index (Phi) is 3.82. The third-order valence-corrected chi connectivity index (χ3v) is 3.51. The number of carbonyl (C=O) groups excluding carboxylic acids is 1. The number of rotatable bonds is 4. The minimum Gasteiger partial charge on any atom is -0.383 e. The molecule has 0 aliphatic heterocycles. The fourth-order valence-corrected chi connectivity index (χ4v) is 2.43. The Hall–Kier alpha value is -2.34. The Balaban J connectivity index is 2.44. The first kappa shape index (κ1) is 13.1. The molecule has 1 aromatic heterocycles. The van der Waals surface area contributed by atoms with E-state index in [1.807, 2.05) is 18.5 Å². The summed E-state index contributed by atoms with van der Waals surface area (Å²) < 4.78 is 0. The zero-order valence-corrected chi connectivity index (χ0v) is 11.2. The van der Waals surface area contributed by atoms with Gasteiger partial charge in [0.25, 0.3) is 5.91 Å². The number of anilines is 1. The second kappa shape index (κ2) is 5.53. The van der Waals surface area contributed by atoms with Gasteiger partial charge in [0.15, 0.2) is 0 Å². The maximum absolute atomic E-state index is 11.3. The number of nitrogens with two attached hydrogens (primary N) is 2. The Bertz CT molecular complexity index is 633. The van der Waals surface area contributed by atoms with Gasteiger partial charge in [0.1, 0.15) is 5.84 Å². The van der Waals surface area contributed by atoms with Gasteiger partial charge in [-0.1, -0.05) is 12.1 Å². The Morgan fingerprint density at radius 1 is 1.21 bits per heavy atom. The number of amides is 1. The van der Waals surface area contributed by atoms with E-state index in [-0.39, 0.29) is 0 Å². The normalized spacial score (nSPS) is 11.3. The average Bonchev–Trinajstić information content (AvgIpc) is 2.87. The number of amidine groups is 1. The van der Waals surface area contributed by atoms with Gasteiger partial charge < -0.3 is 16.8 Å². The van der Waals surface area contributed by atoms with Crippen molar-refractivity contribution >= 4 is 33.8 Å². The van der Waals surface area contributed by atoms with E-state index < -0.39 is 5.91 Å². The Morgan fingerprint density at radius 3 is 2.63 bits per heavy atom. The number of hydrogen-bond donors (Lipinski definition) is 3. The highest BCUT2D eigenvalue weighted by Gasteiger charge is 2.10. The van der Waals surface area contributed by atoms with Crippen LogP contribution in [0.1, 0.15) is 15.9 Å². The molecular formula is C13H14N4OS. The van der Waals surface area contributed by atoms with Crippen molar-refractivity contribution in [1.29, 1.82) is 0 Å². The van der Waals surface area contributed by atoms with Gasteiger partial charge in [-0.15, -0.1) is 11.3 Å². The van der Waals surface area contributed by atoms with Crippen LogP contribution < -0.4 is 16.8 Å². The SMILES string of the molecule is CNc1sccc1C(N)=Nc1ccccc1C(N)=O. The van der Waals surface area contributed by atoms with Gasteiger partial charge >= 0.3 is 0 Å². The first-order valence-electron chi connectivity index (χ1n) is 5.62. The smallest absolute Gasteiger partial charge is 0.250 e. The van der Waals surface area contributed by atoms with E-state index in [1.165, 1.54) is 11.3 Å². The molecule has 98 valence electrons. The molecule has 0 saturated heterocycles. The van der Waals surface area contributed by atoms with Gasteiger partial charge in [-0.2, -0.15) is 0 Å². The monoisotopic (exact) mass is 274 g/mol. The van der Waals surface area contributed by atoms with Gasteiger partial charge in [0.2, 0.25) is 0 Å². The molecule has 0 spiro atoms. The maximum atomic E-state index is 11.3. The molecule has 0 bridgehead atoms. The number of primary amides is 1. The van der Waals surface area contributed by atoms with Crippen molar-refractivity contribution in [3.05, 3.63) is 46.8 Å². The summed E-state index contributed by atoms with van der Waals surface area (Å²) in [4.78, 5) is 15.6. The highest BCUT2D eigenvalue weighted by Crippen LogP contribution is 2.24. The van der Waals surface area contributed by atoms with Crippen LogP contribution >= 0.6 is 11.3 Å². The summed E-state index contributed by atoms with van der Waals surface area (Å²) in [6.07, 6.45) is 0. The van der Waals surface area contributed by atoms with Crippen LogP contribution in [0, 0.1) is 0 Å². The van der Waals surface area contributed by atoms with Gasteiger partial charge in [-0.25, -0.2) is 4.99 Å². The topological polar surface area (TPSA) is 93.5 Å². The molecule has 5 N–H and O–H groups in total. The lowest BCUT2D eigenvalue weighted by Crippen LogP contribution is -2.15. The minimum absolute atomic E-state index is 0.347. The van der Waals surface area contributed by atoms with Crippen LogP contribution in [0.4, 0.5) is 10.7 Å². The van der Waals surface area contributed by atoms with E-state index in [0.717, 1.165) is 10.6 Å². The number of aliphatic imine (C=N–C) groups is 1. The Morgan fingerprint density at radius 2 is 1.95 bits per heavy atom. The summed E-state index contributed by atoms with van der Waals surface area (Å²) >= 11 is 1.54. The third-order valence-electron chi connectivity index (χ3n) is 2.58. The maximum Gasteiger partial charge on any atom is 0.250 e. The lowest BCUT2D eigenvalue weighted by molar-refractivity contribution is 0.100. The van der Waals surface area contributed by atoms with E-state index in [2.05, 4.69) is 10.3 Å². The van der Waals surface area contributed by atoms with E-state index in [9.17, 15) is 4.79 Å². The highest BCUT2D eigenvalue weighted by molar-refractivity contribution is 7.14. The molecule has 0 aliphatic rings. The fraction of sp³-hybridized carbons (Fsp3) is 0.0769. The summed E-state index contributed by atoms with van der Waals surface area (Å²) in [5.41, 5.74) is 12.9. The summed E-state index contributed by atoms with van der Waals surface area (Å²) in [7, 11) is 1.82. The number of hydrogen-bond acceptors (Lipinski definition) is 4. The van der Waals surface area contributed by atoms with Gasteiger partial charge in [-0.05, 0) is 23.6 Å². The molecule has 0 radical (unpaired) electrons. The second-order valence-corrected chi connectivity index (χ2v) is 4.71. The molecule has 0 atom stereocenters. The summed E-state index contributed by atoms with van der Waals surface area (Å²) in [5.74, 6) is -0.175. The highest BCUT2D eigenvalue weighted by atomic mass is 32.1. The van der Waals surface area contributed by atoms with E-state index in [1.54, 1.807) is 24.3 Å². The fourth-order valence-electron chi connectivity index (χ4n) is 1.67. The first-order valence-corrected chi connectivity index (χ1v) is 6.50. The number of para-hydroxylation sites is 1. The van der Waals surface area contributed by atoms with Crippen molar-refractivity contribution in [3.8, 4) is 0 Å². The van der Waals surface area contributed by atoms with Crippen molar-refractivity contribution in [1.82, 2.24) is 0 Å². The molecule has 2 rings (SSSR count). The molecule has 1 heterocycles. The van der Waals surface area contributed by atoms with Gasteiger partial charge in [0, 0.05) is 7.05 Å². The molecule has 2 aromatic rings. The molecule has 0 unspecified atom stereocenters. The molecule has 1 amide bonds. The summed E-state index contributed by atoms with van der Waals surface area (Å²) in [5, 5.41) is 5.89. The summed E-state index contributed by atoms with van der Waals surface area (Å²) in [6, 6.07) is 8.73. The number of carbonyl (C=O) groups is 1. The van der Waals surface area contributed by atoms with Crippen molar-refractivity contribution in [2.75, 3.05) is 12.4 Å². The zero-order chi connectivity index (χ0) is 13.8. The second-order valence-electron chi connectivity index (χ2n) is 3.79. The van der Waals surface area contributed by atoms with E-state index in [0.29, 0.717) is 17.1 Å². The van der Waals surface area contributed by atoms with Gasteiger partial charge in [-0.3, -0.25) is 4.79 Å². The zero-order valence-electron chi connectivity index (χ0n) is 10.4. The molecule has 19 heavy (non-hydrogen) atoms. The van der Waals surface area contributed by atoms with Crippen LogP contribution in [0.15, 0.2) is 40.7 Å². The average molecular weight is 274 g/mol. The van der Waals surface area contributed by atoms with Crippen LogP contribution in [0.5, 0.6) is 0 Å². The van der Waals surface area contributed by atoms with Crippen LogP contribution in [0.25, 0.3) is 0 Å². The van der Waals surface area contributed by atoms with E-state index >= 15 is 0 Å². The molecule has 0 saturated carbocycles. The number of benzene rings is 1. The first-order chi connectivity index (χ1) is 9.13. The number of nitrogens with zero attached hydrogens (tertiary/aromatic N) is 1. The third kappa shape index (κ3) is 2.74. The number of thiophene rings is 1. The van der Waals surface area contributed by atoms with Crippen molar-refractivity contribution in [2.45, 2.75) is 0 Å². The minimum atomic E-state index is -0.522. The lowest BCUT2D eigenvalue weighted by Gasteiger charge is -2.05. The van der Waals surface area contributed by atoms with Crippen molar-refractivity contribution in [3.63, 3.8) is 0 Å². The van der Waals surface area contributed by atoms with Crippen LogP contribution in [0.2, 0.25) is 0 Å². The number of nitrogens with one attached hydrogen (secondary N) is 1. The predicted octanol–water partition coefficient (Wildman–Crippen LogP) is 1.93. The quantitative estimate of drug-likeness (QED) is 0.587. The molecular weight excluding hydrogens is 260 g/mol. The molecule has 1 aromatic carbocycles. The van der Waals surface area contributed by atoms with E-state index in [4.69, 9.17) is 11.5 Å².